The van der Waals surface area contributed by atoms with Crippen molar-refractivity contribution in [3.05, 3.63) is 66.4 Å². The summed E-state index contributed by atoms with van der Waals surface area (Å²) in [5.74, 6) is -0.201. The number of ether oxygens (including phenoxy) is 1. The molecule has 30 heavy (non-hydrogen) atoms. The number of nitrogens with one attached hydrogen (secondary N) is 1. The third-order valence-electron chi connectivity index (χ3n) is 5.84. The van der Waals surface area contributed by atoms with Crippen molar-refractivity contribution in [2.45, 2.75) is 18.6 Å². The van der Waals surface area contributed by atoms with Gasteiger partial charge >= 0.3 is 0 Å². The topological polar surface area (TPSA) is 76.4 Å². The van der Waals surface area contributed by atoms with Crippen molar-refractivity contribution in [2.75, 3.05) is 13.2 Å². The average Bonchev–Trinajstić information content (AvgIpc) is 3.14. The zero-order valence-electron chi connectivity index (χ0n) is 16.7. The standard InChI is InChI=1S/C24H23N3O3/c1-27-22-12-16(5-6-18(22)13-25-27)19-4-2-3-15-11-17(7-8-20(15)19)24(29)26-21-14-30-10-9-23(21)28/h2-8,11-13,21,23,28H,9-10,14H2,1H3,(H,26,29)/t21-,23-/m1/s1. The van der Waals surface area contributed by atoms with Gasteiger partial charge < -0.3 is 15.2 Å². The molecule has 0 saturated carbocycles. The van der Waals surface area contributed by atoms with E-state index in [9.17, 15) is 9.90 Å². The Morgan fingerprint density at radius 3 is 2.93 bits per heavy atom. The molecule has 0 aliphatic carbocycles. The molecule has 5 rings (SSSR count). The first-order chi connectivity index (χ1) is 14.6. The maximum Gasteiger partial charge on any atom is 0.251 e. The van der Waals surface area contributed by atoms with Gasteiger partial charge in [0.05, 0.1) is 30.5 Å². The van der Waals surface area contributed by atoms with Gasteiger partial charge in [-0.3, -0.25) is 9.48 Å². The lowest BCUT2D eigenvalue weighted by molar-refractivity contribution is -0.0140. The molecule has 1 fully saturated rings. The van der Waals surface area contributed by atoms with Crippen LogP contribution in [0.4, 0.5) is 0 Å². The highest BCUT2D eigenvalue weighted by molar-refractivity contribution is 6.03. The number of fused-ring (bicyclic) bond motifs is 2. The van der Waals surface area contributed by atoms with Crippen LogP contribution in [0.25, 0.3) is 32.8 Å². The number of hydrogen-bond donors (Lipinski definition) is 2. The number of aryl methyl sites for hydroxylation is 1. The molecular formula is C24H23N3O3. The van der Waals surface area contributed by atoms with Crippen molar-refractivity contribution in [3.63, 3.8) is 0 Å². The van der Waals surface area contributed by atoms with Crippen LogP contribution in [-0.4, -0.2) is 46.2 Å². The van der Waals surface area contributed by atoms with Crippen molar-refractivity contribution in [1.82, 2.24) is 15.1 Å². The second kappa shape index (κ2) is 7.55. The molecule has 6 heteroatoms. The Kier molecular flexibility index (Phi) is 4.73. The fourth-order valence-electron chi connectivity index (χ4n) is 4.10. The van der Waals surface area contributed by atoms with Crippen molar-refractivity contribution < 1.29 is 14.6 Å². The van der Waals surface area contributed by atoms with E-state index in [4.69, 9.17) is 4.74 Å². The van der Waals surface area contributed by atoms with E-state index < -0.39 is 6.10 Å². The summed E-state index contributed by atoms with van der Waals surface area (Å²) in [5.41, 5.74) is 3.86. The lowest BCUT2D eigenvalue weighted by atomic mass is 9.96. The molecule has 152 valence electrons. The molecule has 1 amide bonds. The van der Waals surface area contributed by atoms with Crippen LogP contribution in [0.2, 0.25) is 0 Å². The number of hydrogen-bond acceptors (Lipinski definition) is 4. The molecule has 2 atom stereocenters. The minimum atomic E-state index is -0.573. The molecule has 1 aromatic heterocycles. The van der Waals surface area contributed by atoms with Crippen LogP contribution in [-0.2, 0) is 11.8 Å². The average molecular weight is 401 g/mol. The minimum absolute atomic E-state index is 0.201. The molecule has 1 aliphatic heterocycles. The normalized spacial score (nSPS) is 19.3. The van der Waals surface area contributed by atoms with Crippen LogP contribution in [0.3, 0.4) is 0 Å². The van der Waals surface area contributed by atoms with E-state index in [1.165, 1.54) is 0 Å². The first-order valence-corrected chi connectivity index (χ1v) is 10.1. The van der Waals surface area contributed by atoms with Crippen LogP contribution in [0, 0.1) is 0 Å². The van der Waals surface area contributed by atoms with Gasteiger partial charge in [-0.15, -0.1) is 0 Å². The zero-order chi connectivity index (χ0) is 20.7. The lowest BCUT2D eigenvalue weighted by Crippen LogP contribution is -2.49. The quantitative estimate of drug-likeness (QED) is 0.552. The van der Waals surface area contributed by atoms with E-state index in [1.807, 2.05) is 48.3 Å². The van der Waals surface area contributed by atoms with Gasteiger partial charge in [0.15, 0.2) is 0 Å². The maximum absolute atomic E-state index is 12.7. The van der Waals surface area contributed by atoms with Gasteiger partial charge in [-0.05, 0) is 46.5 Å². The Bertz CT molecular complexity index is 1250. The summed E-state index contributed by atoms with van der Waals surface area (Å²) in [6.45, 7) is 0.859. The fourth-order valence-corrected chi connectivity index (χ4v) is 4.10. The number of carbonyl (C=O) groups excluding carboxylic acids is 1. The van der Waals surface area contributed by atoms with Crippen LogP contribution in [0.15, 0.2) is 60.8 Å². The highest BCUT2D eigenvalue weighted by atomic mass is 16.5. The second-order valence-electron chi connectivity index (χ2n) is 7.79. The van der Waals surface area contributed by atoms with E-state index in [1.54, 1.807) is 0 Å². The monoisotopic (exact) mass is 401 g/mol. The predicted molar refractivity (Wildman–Crippen MR) is 116 cm³/mol. The van der Waals surface area contributed by atoms with Crippen molar-refractivity contribution in [1.29, 1.82) is 0 Å². The number of carbonyl (C=O) groups is 1. The number of aliphatic hydroxyl groups is 1. The summed E-state index contributed by atoms with van der Waals surface area (Å²) in [6.07, 6.45) is 1.82. The van der Waals surface area contributed by atoms with Gasteiger partial charge in [0.2, 0.25) is 0 Å². The summed E-state index contributed by atoms with van der Waals surface area (Å²) in [7, 11) is 1.94. The summed E-state index contributed by atoms with van der Waals surface area (Å²) >= 11 is 0. The maximum atomic E-state index is 12.7. The van der Waals surface area contributed by atoms with Gasteiger partial charge in [0.25, 0.3) is 5.91 Å². The van der Waals surface area contributed by atoms with Gasteiger partial charge in [-0.25, -0.2) is 0 Å². The van der Waals surface area contributed by atoms with Crippen molar-refractivity contribution in [3.8, 4) is 11.1 Å². The fraction of sp³-hybridized carbons (Fsp3) is 0.250. The van der Waals surface area contributed by atoms with Gasteiger partial charge in [0, 0.05) is 24.6 Å². The van der Waals surface area contributed by atoms with Crippen LogP contribution in [0.1, 0.15) is 16.8 Å². The molecule has 0 bridgehead atoms. The molecule has 2 N–H and O–H groups in total. The molecule has 1 saturated heterocycles. The third kappa shape index (κ3) is 3.34. The molecule has 2 heterocycles. The van der Waals surface area contributed by atoms with Gasteiger partial charge in [-0.2, -0.15) is 5.10 Å². The molecule has 6 nitrogen and oxygen atoms in total. The number of benzene rings is 3. The Morgan fingerprint density at radius 2 is 2.07 bits per heavy atom. The van der Waals surface area contributed by atoms with Crippen molar-refractivity contribution >= 4 is 27.6 Å². The number of nitrogens with zero attached hydrogens (tertiary/aromatic N) is 2. The molecule has 1 aliphatic rings. The van der Waals surface area contributed by atoms with E-state index in [0.717, 1.165) is 32.8 Å². The Morgan fingerprint density at radius 1 is 1.17 bits per heavy atom. The van der Waals surface area contributed by atoms with Crippen LogP contribution in [0.5, 0.6) is 0 Å². The van der Waals surface area contributed by atoms with E-state index in [0.29, 0.717) is 25.2 Å². The van der Waals surface area contributed by atoms with Gasteiger partial charge in [-0.1, -0.05) is 36.4 Å². The third-order valence-corrected chi connectivity index (χ3v) is 5.84. The zero-order valence-corrected chi connectivity index (χ0v) is 16.7. The SMILES string of the molecule is Cn1ncc2ccc(-c3cccc4cc(C(=O)N[C@@H]5COCC[C@H]5O)ccc34)cc21. The lowest BCUT2D eigenvalue weighted by Gasteiger charge is -2.28. The highest BCUT2D eigenvalue weighted by Crippen LogP contribution is 2.31. The molecular weight excluding hydrogens is 378 g/mol. The van der Waals surface area contributed by atoms with Crippen LogP contribution < -0.4 is 5.32 Å². The number of aliphatic hydroxyl groups excluding tert-OH is 1. The minimum Gasteiger partial charge on any atom is -0.391 e. The van der Waals surface area contributed by atoms with Crippen LogP contribution >= 0.6 is 0 Å². The largest absolute Gasteiger partial charge is 0.391 e. The molecule has 4 aromatic rings. The summed E-state index contributed by atoms with van der Waals surface area (Å²) < 4.78 is 7.25. The molecule has 0 spiro atoms. The predicted octanol–water partition coefficient (Wildman–Crippen LogP) is 3.27. The molecule has 3 aromatic carbocycles. The second-order valence-corrected chi connectivity index (χ2v) is 7.79. The molecule has 0 radical (unpaired) electrons. The Balaban J connectivity index is 1.48. The highest BCUT2D eigenvalue weighted by Gasteiger charge is 2.25. The van der Waals surface area contributed by atoms with E-state index >= 15 is 0 Å². The Labute approximate surface area is 174 Å². The van der Waals surface area contributed by atoms with E-state index in [2.05, 4.69) is 34.7 Å². The summed E-state index contributed by atoms with van der Waals surface area (Å²) in [4.78, 5) is 12.7. The van der Waals surface area contributed by atoms with Crippen molar-refractivity contribution in [2.24, 2.45) is 7.05 Å². The Hall–Kier alpha value is -3.22. The first-order valence-electron chi connectivity index (χ1n) is 10.1. The summed E-state index contributed by atoms with van der Waals surface area (Å²) in [5, 5.41) is 20.5. The van der Waals surface area contributed by atoms with E-state index in [-0.39, 0.29) is 11.9 Å². The first kappa shape index (κ1) is 18.8. The van der Waals surface area contributed by atoms with Gasteiger partial charge in [0.1, 0.15) is 0 Å². The summed E-state index contributed by atoms with van der Waals surface area (Å²) in [6, 6.07) is 17.8. The smallest absolute Gasteiger partial charge is 0.251 e. The molecule has 0 unspecified atom stereocenters. The number of aromatic nitrogens is 2. The number of amides is 1. The number of rotatable bonds is 3.